The van der Waals surface area contributed by atoms with Gasteiger partial charge >= 0.3 is 5.97 Å². The molecule has 1 aliphatic rings. The molecule has 0 amide bonds. The molecule has 0 fully saturated rings. The normalized spacial score (nSPS) is 16.4. The van der Waals surface area contributed by atoms with Crippen molar-refractivity contribution in [3.8, 4) is 5.75 Å². The van der Waals surface area contributed by atoms with Crippen molar-refractivity contribution >= 4 is 39.0 Å². The summed E-state index contributed by atoms with van der Waals surface area (Å²) in [7, 11) is -0.918. The number of hydrogen-bond acceptors (Lipinski definition) is 6. The predicted molar refractivity (Wildman–Crippen MR) is 126 cm³/mol. The van der Waals surface area contributed by atoms with Gasteiger partial charge < -0.3 is 19.7 Å². The molecule has 32 heavy (non-hydrogen) atoms. The van der Waals surface area contributed by atoms with Crippen molar-refractivity contribution < 1.29 is 22.7 Å². The maximum absolute atomic E-state index is 12.7. The Balaban J connectivity index is 1.87. The average molecular weight is 476 g/mol. The van der Waals surface area contributed by atoms with E-state index in [9.17, 15) is 13.2 Å². The van der Waals surface area contributed by atoms with Gasteiger partial charge in [-0.25, -0.2) is 13.2 Å². The number of nitrogens with one attached hydrogen (secondary N) is 2. The number of allylic oxidation sites excluding steroid dienone is 1. The molecule has 170 valence electrons. The number of carbonyl (C=O) groups is 1. The number of benzene rings is 2. The molecule has 0 saturated heterocycles. The Morgan fingerprint density at radius 2 is 1.75 bits per heavy atom. The first kappa shape index (κ1) is 23.6. The second kappa shape index (κ2) is 9.58. The van der Waals surface area contributed by atoms with Crippen molar-refractivity contribution in [3.05, 3.63) is 65.4 Å². The number of carbonyl (C=O) groups excluding carboxylic acids is 1. The molecule has 2 N–H and O–H groups in total. The first-order valence-electron chi connectivity index (χ1n) is 9.85. The second-order valence-electron chi connectivity index (χ2n) is 7.02. The molecule has 8 nitrogen and oxygen atoms in total. The lowest BCUT2D eigenvalue weighted by Gasteiger charge is -2.36. The summed E-state index contributed by atoms with van der Waals surface area (Å²) in [6.07, 6.45) is 0. The average Bonchev–Trinajstić information content (AvgIpc) is 2.79. The highest BCUT2D eigenvalue weighted by Gasteiger charge is 2.33. The van der Waals surface area contributed by atoms with E-state index in [1.165, 1.54) is 26.4 Å². The van der Waals surface area contributed by atoms with Gasteiger partial charge in [-0.05, 0) is 68.0 Å². The van der Waals surface area contributed by atoms with Crippen molar-refractivity contribution in [2.24, 2.45) is 0 Å². The summed E-state index contributed by atoms with van der Waals surface area (Å²) in [4.78, 5) is 14.4. The van der Waals surface area contributed by atoms with Gasteiger partial charge in [-0.15, -0.1) is 0 Å². The Hall–Kier alpha value is -3.11. The van der Waals surface area contributed by atoms with E-state index in [0.717, 1.165) is 11.3 Å². The molecular formula is C22H25N3O5S2. The fourth-order valence-corrected chi connectivity index (χ4v) is 4.94. The van der Waals surface area contributed by atoms with E-state index in [-0.39, 0.29) is 4.90 Å². The van der Waals surface area contributed by atoms with Crippen LogP contribution in [0.25, 0.3) is 0 Å². The molecule has 10 heteroatoms. The molecule has 0 bridgehead atoms. The number of ether oxygens (including phenoxy) is 2. The predicted octanol–water partition coefficient (Wildman–Crippen LogP) is 3.19. The van der Waals surface area contributed by atoms with Gasteiger partial charge in [-0.1, -0.05) is 12.1 Å². The van der Waals surface area contributed by atoms with Gasteiger partial charge in [0.1, 0.15) is 5.75 Å². The zero-order chi connectivity index (χ0) is 23.5. The van der Waals surface area contributed by atoms with Gasteiger partial charge in [0.15, 0.2) is 5.11 Å². The summed E-state index contributed by atoms with van der Waals surface area (Å²) in [5, 5.41) is 3.69. The van der Waals surface area contributed by atoms with Gasteiger partial charge in [0.05, 0.1) is 30.7 Å². The maximum Gasteiger partial charge on any atom is 0.337 e. The molecule has 3 rings (SSSR count). The molecule has 0 saturated carbocycles. The third-order valence-corrected chi connectivity index (χ3v) is 6.92. The van der Waals surface area contributed by atoms with Crippen LogP contribution in [0.2, 0.25) is 0 Å². The van der Waals surface area contributed by atoms with Crippen LogP contribution in [0, 0.1) is 0 Å². The van der Waals surface area contributed by atoms with Gasteiger partial charge in [-0.2, -0.15) is 0 Å². The quantitative estimate of drug-likeness (QED) is 0.466. The molecule has 0 radical (unpaired) electrons. The molecule has 0 aromatic heterocycles. The summed E-state index contributed by atoms with van der Waals surface area (Å²) in [6, 6.07) is 12.3. The molecule has 0 aliphatic carbocycles. The highest BCUT2D eigenvalue weighted by Crippen LogP contribution is 2.32. The van der Waals surface area contributed by atoms with Crippen molar-refractivity contribution in [1.29, 1.82) is 0 Å². The van der Waals surface area contributed by atoms with Crippen LogP contribution in [0.5, 0.6) is 5.75 Å². The number of thiocarbonyl (C=S) groups is 1. The van der Waals surface area contributed by atoms with Crippen LogP contribution in [-0.2, 0) is 19.6 Å². The summed E-state index contributed by atoms with van der Waals surface area (Å²) in [6.45, 7) is 4.38. The fraction of sp³-hybridized carbons (Fsp3) is 0.273. The lowest BCUT2D eigenvalue weighted by atomic mass is 9.95. The number of anilines is 1. The molecule has 1 unspecified atom stereocenters. The summed E-state index contributed by atoms with van der Waals surface area (Å²) < 4.78 is 37.9. The first-order chi connectivity index (χ1) is 15.2. The highest BCUT2D eigenvalue weighted by atomic mass is 32.2. The Kier molecular flexibility index (Phi) is 7.05. The molecule has 1 aliphatic heterocycles. The molecule has 2 aromatic carbocycles. The minimum atomic E-state index is -3.76. The van der Waals surface area contributed by atoms with Crippen LogP contribution in [0.1, 0.15) is 25.5 Å². The minimum Gasteiger partial charge on any atom is -0.497 e. The van der Waals surface area contributed by atoms with Crippen LogP contribution in [0.4, 0.5) is 5.69 Å². The standard InChI is InChI=1S/C22H25N3O5S2/c1-5-25-14(2)19(21(26)30-4)20(23-22(25)31)15-6-8-16(9-7-15)24-32(27,28)18-12-10-17(29-3)11-13-18/h6-13,20,24H,5H2,1-4H3,(H,23,31). The largest absolute Gasteiger partial charge is 0.497 e. The zero-order valence-corrected chi connectivity index (χ0v) is 19.8. The summed E-state index contributed by atoms with van der Waals surface area (Å²) in [5.74, 6) is 0.114. The summed E-state index contributed by atoms with van der Waals surface area (Å²) in [5.41, 5.74) is 2.31. The lowest BCUT2D eigenvalue weighted by Crippen LogP contribution is -2.47. The Bertz CT molecular complexity index is 1140. The van der Waals surface area contributed by atoms with E-state index in [4.69, 9.17) is 21.7 Å². The van der Waals surface area contributed by atoms with E-state index < -0.39 is 22.0 Å². The van der Waals surface area contributed by atoms with E-state index in [2.05, 4.69) is 10.0 Å². The Morgan fingerprint density at radius 3 is 2.28 bits per heavy atom. The van der Waals surface area contributed by atoms with Gasteiger partial charge in [0.25, 0.3) is 10.0 Å². The number of methoxy groups -OCH3 is 2. The number of esters is 1. The zero-order valence-electron chi connectivity index (χ0n) is 18.2. The fourth-order valence-electron chi connectivity index (χ4n) is 3.50. The van der Waals surface area contributed by atoms with Crippen molar-refractivity contribution in [3.63, 3.8) is 0 Å². The van der Waals surface area contributed by atoms with Gasteiger partial charge in [0, 0.05) is 17.9 Å². The van der Waals surface area contributed by atoms with E-state index in [0.29, 0.717) is 28.7 Å². The first-order valence-corrected chi connectivity index (χ1v) is 11.7. The Morgan fingerprint density at radius 1 is 1.12 bits per heavy atom. The minimum absolute atomic E-state index is 0.118. The highest BCUT2D eigenvalue weighted by molar-refractivity contribution is 7.92. The van der Waals surface area contributed by atoms with Crippen LogP contribution < -0.4 is 14.8 Å². The third kappa shape index (κ3) is 4.71. The number of rotatable bonds is 7. The number of nitrogens with zero attached hydrogens (tertiary/aromatic N) is 1. The molecule has 2 aromatic rings. The van der Waals surface area contributed by atoms with Crippen LogP contribution >= 0.6 is 12.2 Å². The van der Waals surface area contributed by atoms with E-state index in [1.807, 2.05) is 18.7 Å². The molecule has 1 atom stereocenters. The number of sulfonamides is 1. The third-order valence-electron chi connectivity index (χ3n) is 5.18. The monoisotopic (exact) mass is 475 g/mol. The van der Waals surface area contributed by atoms with E-state index in [1.54, 1.807) is 36.4 Å². The van der Waals surface area contributed by atoms with Gasteiger partial charge in [0.2, 0.25) is 0 Å². The lowest BCUT2D eigenvalue weighted by molar-refractivity contribution is -0.136. The SMILES string of the molecule is CCN1C(=S)NC(c2ccc(NS(=O)(=O)c3ccc(OC)cc3)cc2)C(C(=O)OC)=C1C. The summed E-state index contributed by atoms with van der Waals surface area (Å²) >= 11 is 5.45. The molecular weight excluding hydrogens is 450 g/mol. The van der Waals surface area contributed by atoms with Crippen LogP contribution in [-0.4, -0.2) is 45.2 Å². The van der Waals surface area contributed by atoms with E-state index >= 15 is 0 Å². The van der Waals surface area contributed by atoms with Crippen molar-refractivity contribution in [2.75, 3.05) is 25.5 Å². The smallest absolute Gasteiger partial charge is 0.337 e. The van der Waals surface area contributed by atoms with Gasteiger partial charge in [-0.3, -0.25) is 4.72 Å². The molecule has 0 spiro atoms. The van der Waals surface area contributed by atoms with Crippen molar-refractivity contribution in [1.82, 2.24) is 10.2 Å². The van der Waals surface area contributed by atoms with Crippen molar-refractivity contribution in [2.45, 2.75) is 24.8 Å². The Labute approximate surface area is 193 Å². The van der Waals surface area contributed by atoms with Crippen LogP contribution in [0.3, 0.4) is 0 Å². The second-order valence-corrected chi connectivity index (χ2v) is 9.09. The molecule has 1 heterocycles. The maximum atomic E-state index is 12.7. The topological polar surface area (TPSA) is 97.0 Å². The number of hydrogen-bond donors (Lipinski definition) is 2. The van der Waals surface area contributed by atoms with Crippen LogP contribution in [0.15, 0.2) is 64.7 Å².